The number of hydrogen-bond acceptors (Lipinski definition) is 6. The number of nitrogens with zero attached hydrogens (tertiary/aromatic N) is 1. The molecule has 1 aromatic carbocycles. The fraction of sp³-hybridized carbons (Fsp3) is 0.708. The summed E-state index contributed by atoms with van der Waals surface area (Å²) in [5.74, 6) is -13.9. The Kier molecular flexibility index (Phi) is 2.75. The van der Waals surface area contributed by atoms with Crippen molar-refractivity contribution in [2.45, 2.75) is 64.8 Å². The Labute approximate surface area is 207 Å². The van der Waals surface area contributed by atoms with E-state index in [0.717, 1.165) is 0 Å². The first kappa shape index (κ1) is 8.62. The Morgan fingerprint density at radius 3 is 2.80 bits per heavy atom. The maximum Gasteiger partial charge on any atom is 0.323 e. The van der Waals surface area contributed by atoms with Gasteiger partial charge in [-0.1, -0.05) is 27.5 Å². The Morgan fingerprint density at radius 1 is 1.40 bits per heavy atom. The normalized spacial score (nSPS) is 45.1. The number of esters is 1. The van der Waals surface area contributed by atoms with Crippen LogP contribution in [0.3, 0.4) is 0 Å². The fourth-order valence-corrected chi connectivity index (χ4v) is 3.35. The van der Waals surface area contributed by atoms with Gasteiger partial charge in [0.15, 0.2) is 11.5 Å². The van der Waals surface area contributed by atoms with E-state index in [2.05, 4.69) is 0 Å². The number of nitrogens with two attached hydrogens (primary N) is 1. The highest BCUT2D eigenvalue weighted by atomic mass is 16.5. The van der Waals surface area contributed by atoms with Crippen LogP contribution in [0.4, 0.5) is 0 Å². The molecule has 2 aliphatic heterocycles. The molecule has 4 unspecified atom stereocenters. The van der Waals surface area contributed by atoms with E-state index < -0.39 is 88.2 Å². The number of piperidine rings is 1. The number of fused-ring (bicyclic) bond motifs is 3. The number of hydrogen-bond donors (Lipinski definition) is 1. The van der Waals surface area contributed by atoms with Gasteiger partial charge in [0.1, 0.15) is 12.1 Å². The highest BCUT2D eigenvalue weighted by molar-refractivity contribution is 5.76. The van der Waals surface area contributed by atoms with E-state index in [1.54, 1.807) is 0 Å². The predicted molar refractivity (Wildman–Crippen MR) is 118 cm³/mol. The first-order valence-electron chi connectivity index (χ1n) is 18.6. The Morgan fingerprint density at radius 2 is 2.13 bits per heavy atom. The van der Waals surface area contributed by atoms with Crippen molar-refractivity contribution in [1.82, 2.24) is 4.90 Å². The second-order valence-corrected chi connectivity index (χ2v) is 6.77. The van der Waals surface area contributed by atoms with Crippen molar-refractivity contribution in [1.29, 1.82) is 0 Å². The van der Waals surface area contributed by atoms with E-state index in [9.17, 15) is 11.6 Å². The second kappa shape index (κ2) is 9.56. The second-order valence-electron chi connectivity index (χ2n) is 6.77. The third-order valence-corrected chi connectivity index (χ3v) is 4.75. The third kappa shape index (κ3) is 4.75. The van der Waals surface area contributed by atoms with Gasteiger partial charge in [-0.15, -0.1) is 0 Å². The molecule has 30 heavy (non-hydrogen) atoms. The number of carbonyl (C=O) groups excluding carboxylic acids is 1. The van der Waals surface area contributed by atoms with Crippen molar-refractivity contribution < 1.29 is 45.0 Å². The molecule has 3 rings (SSSR count). The molecule has 1 fully saturated rings. The van der Waals surface area contributed by atoms with Crippen molar-refractivity contribution in [2.24, 2.45) is 23.4 Å². The first-order valence-corrected chi connectivity index (χ1v) is 9.12. The lowest BCUT2D eigenvalue weighted by Gasteiger charge is -2.47. The van der Waals surface area contributed by atoms with Crippen molar-refractivity contribution in [3.63, 3.8) is 0 Å². The van der Waals surface area contributed by atoms with E-state index in [1.807, 2.05) is 0 Å². The van der Waals surface area contributed by atoms with E-state index in [4.69, 9.17) is 39.1 Å². The zero-order valence-corrected chi connectivity index (χ0v) is 16.9. The molecule has 2 heterocycles. The van der Waals surface area contributed by atoms with Crippen LogP contribution in [0.1, 0.15) is 83.4 Å². The maximum absolute atomic E-state index is 13.8. The summed E-state index contributed by atoms with van der Waals surface area (Å²) in [7, 11) is 2.56. The molecule has 2 N–H and O–H groups in total. The van der Waals surface area contributed by atoms with E-state index in [0.29, 0.717) is 17.4 Å². The van der Waals surface area contributed by atoms with Crippen molar-refractivity contribution >= 4 is 5.97 Å². The van der Waals surface area contributed by atoms with Crippen LogP contribution in [-0.2, 0) is 16.0 Å². The van der Waals surface area contributed by atoms with Crippen LogP contribution in [0.15, 0.2) is 12.1 Å². The molecule has 0 saturated carbocycles. The lowest BCUT2D eigenvalue weighted by Crippen LogP contribution is -2.51. The standard InChI is InChI=1S/C24H38N2O4/c1-14(2)9-17-13-26-8-7-16-10-21(28-5)22(29-6)11-18(16)19(26)12-20(17)30-24(27)23(25)15(3)4/h10-11,14-15,17,19-20,23H,7-9,12-13,25H2,1-6H3/t17?,19?,20?,23-/m0/s1/i1D3,3D3,4D3,9D2,12D2,13D2,14D,15D,17D,23D/t14?,17?,19?,20?,23-. The van der Waals surface area contributed by atoms with Gasteiger partial charge in [0.25, 0.3) is 0 Å². The molecule has 2 aliphatic rings. The summed E-state index contributed by atoms with van der Waals surface area (Å²) in [4.78, 5) is 14.5. The van der Waals surface area contributed by atoms with Crippen LogP contribution in [0.25, 0.3) is 0 Å². The molecule has 0 aliphatic carbocycles. The van der Waals surface area contributed by atoms with Gasteiger partial charge < -0.3 is 19.9 Å². The Bertz CT molecular complexity index is 1440. The summed E-state index contributed by atoms with van der Waals surface area (Å²) < 4.78 is 175. The molecule has 168 valence electrons. The largest absolute Gasteiger partial charge is 0.493 e. The number of methoxy groups -OCH3 is 2. The first-order chi connectivity index (χ1) is 21.6. The van der Waals surface area contributed by atoms with Crippen molar-refractivity contribution in [3.8, 4) is 11.5 Å². The lowest BCUT2D eigenvalue weighted by atomic mass is 9.79. The number of benzene rings is 1. The summed E-state index contributed by atoms with van der Waals surface area (Å²) in [5, 5.41) is 0. The van der Waals surface area contributed by atoms with E-state index in [1.165, 1.54) is 26.4 Å². The van der Waals surface area contributed by atoms with Crippen LogP contribution in [0, 0.1) is 17.7 Å². The molecule has 0 bridgehead atoms. The molecule has 0 radical (unpaired) electrons. The van der Waals surface area contributed by atoms with Gasteiger partial charge in [-0.05, 0) is 47.8 Å². The van der Waals surface area contributed by atoms with Gasteiger partial charge in [-0.3, -0.25) is 9.69 Å². The van der Waals surface area contributed by atoms with Crippen molar-refractivity contribution in [2.75, 3.05) is 27.3 Å². The number of rotatable bonds is 7. The highest BCUT2D eigenvalue weighted by Crippen LogP contribution is 2.44. The van der Waals surface area contributed by atoms with Crippen LogP contribution in [-0.4, -0.2) is 50.3 Å². The zero-order chi connectivity index (χ0) is 38.6. The summed E-state index contributed by atoms with van der Waals surface area (Å²) in [6.45, 7) is -15.1. The smallest absolute Gasteiger partial charge is 0.323 e. The molecular weight excluding hydrogens is 380 g/mol. The van der Waals surface area contributed by atoms with Gasteiger partial charge in [0.05, 0.1) is 15.6 Å². The van der Waals surface area contributed by atoms with E-state index in [-0.39, 0.29) is 23.5 Å². The predicted octanol–water partition coefficient (Wildman–Crippen LogP) is 3.56. The molecule has 5 atom stereocenters. The monoisotopic (exact) mass is 437 g/mol. The maximum atomic E-state index is 13.8. The summed E-state index contributed by atoms with van der Waals surface area (Å²) in [6.07, 6.45) is -10.6. The quantitative estimate of drug-likeness (QED) is 0.658. The average molecular weight is 438 g/mol. The minimum atomic E-state index is -4.19. The average Bonchev–Trinajstić information content (AvgIpc) is 2.94. The van der Waals surface area contributed by atoms with Crippen LogP contribution >= 0.6 is 0 Å². The minimum Gasteiger partial charge on any atom is -0.493 e. The van der Waals surface area contributed by atoms with Gasteiger partial charge in [-0.2, -0.15) is 0 Å². The molecule has 0 aromatic heterocycles. The summed E-state index contributed by atoms with van der Waals surface area (Å²) in [5.41, 5.74) is 5.98. The zero-order valence-electron chi connectivity index (χ0n) is 35.9. The fourth-order valence-electron chi connectivity index (χ4n) is 3.35. The number of ether oxygens (including phenoxy) is 3. The van der Waals surface area contributed by atoms with Crippen LogP contribution < -0.4 is 15.2 Å². The molecule has 1 saturated heterocycles. The minimum absolute atomic E-state index is 0.0219. The van der Waals surface area contributed by atoms with E-state index >= 15 is 0 Å². The molecule has 0 amide bonds. The van der Waals surface area contributed by atoms with Gasteiger partial charge in [0, 0.05) is 56.0 Å². The Hall–Kier alpha value is -1.79. The number of carbonyl (C=O) groups is 1. The molecule has 1 aromatic rings. The summed E-state index contributed by atoms with van der Waals surface area (Å²) in [6, 6.07) is -3.35. The van der Waals surface area contributed by atoms with Gasteiger partial charge >= 0.3 is 5.97 Å². The lowest BCUT2D eigenvalue weighted by molar-refractivity contribution is -0.160. The topological polar surface area (TPSA) is 74.0 Å². The molecular formula is C24H38N2O4. The third-order valence-electron chi connectivity index (χ3n) is 4.75. The summed E-state index contributed by atoms with van der Waals surface area (Å²) >= 11 is 0. The molecule has 6 heteroatoms. The van der Waals surface area contributed by atoms with Crippen LogP contribution in [0.2, 0.25) is 0 Å². The molecule has 6 nitrogen and oxygen atoms in total. The van der Waals surface area contributed by atoms with Crippen LogP contribution in [0.5, 0.6) is 11.5 Å². The Balaban J connectivity index is 2.46. The van der Waals surface area contributed by atoms with Crippen molar-refractivity contribution in [3.05, 3.63) is 23.3 Å². The molecule has 0 spiro atoms. The van der Waals surface area contributed by atoms with Gasteiger partial charge in [-0.25, -0.2) is 0 Å². The SMILES string of the molecule is [2H]C1([2H])C2c3cc(OC)c(OC)cc3CCN2C([2H])([2H])C([2H])(C([2H])([2H])C([2H])(C)C([2H])([2H])[2H])C1OC(=O)[C@@]([2H])(N)C([2H])(C([2H])([2H])[2H])C([2H])([2H])[2H]. The van der Waals surface area contributed by atoms with Gasteiger partial charge in [0.2, 0.25) is 0 Å². The highest BCUT2D eigenvalue weighted by Gasteiger charge is 2.41.